The molecule has 2 fully saturated rings. The molecule has 4 atom stereocenters. The summed E-state index contributed by atoms with van der Waals surface area (Å²) in [5.41, 5.74) is 0. The molecule has 0 N–H and O–H groups in total. The van der Waals surface area contributed by atoms with E-state index in [0.717, 1.165) is 12.8 Å². The third kappa shape index (κ3) is 1.75. The van der Waals surface area contributed by atoms with E-state index in [1.165, 1.54) is 12.8 Å². The molecule has 2 aliphatic heterocycles. The van der Waals surface area contributed by atoms with Crippen LogP contribution >= 0.6 is 0 Å². The minimum atomic E-state index is -0.212. The molecule has 1 unspecified atom stereocenters. The molecule has 2 saturated heterocycles. The topological polar surface area (TPSA) is 18.5 Å². The lowest BCUT2D eigenvalue weighted by molar-refractivity contribution is -0.264. The maximum Gasteiger partial charge on any atom is 0.169 e. The Labute approximate surface area is 80.6 Å². The first kappa shape index (κ1) is 9.47. The summed E-state index contributed by atoms with van der Waals surface area (Å²) in [5.74, 6) is 0.432. The fourth-order valence-electron chi connectivity index (χ4n) is 2.54. The molecule has 2 heterocycles. The van der Waals surface area contributed by atoms with E-state index in [2.05, 4.69) is 20.8 Å². The zero-order valence-electron chi connectivity index (χ0n) is 8.88. The molecule has 13 heavy (non-hydrogen) atoms. The summed E-state index contributed by atoms with van der Waals surface area (Å²) < 4.78 is 11.9. The average molecular weight is 184 g/mol. The van der Waals surface area contributed by atoms with Gasteiger partial charge in [-0.3, -0.25) is 0 Å². The van der Waals surface area contributed by atoms with E-state index in [1.54, 1.807) is 0 Å². The quantitative estimate of drug-likeness (QED) is 0.576. The van der Waals surface area contributed by atoms with Crippen LogP contribution in [0, 0.1) is 5.92 Å². The lowest BCUT2D eigenvalue weighted by atomic mass is 9.94. The molecule has 0 aromatic heterocycles. The van der Waals surface area contributed by atoms with Crippen LogP contribution in [0.4, 0.5) is 0 Å². The molecular formula is C11H20O2. The lowest BCUT2D eigenvalue weighted by Crippen LogP contribution is -2.39. The van der Waals surface area contributed by atoms with Gasteiger partial charge < -0.3 is 9.47 Å². The number of hydrogen-bond acceptors (Lipinski definition) is 2. The van der Waals surface area contributed by atoms with Crippen LogP contribution in [-0.4, -0.2) is 18.0 Å². The average Bonchev–Trinajstić information content (AvgIpc) is 2.26. The molecule has 1 spiro atoms. The van der Waals surface area contributed by atoms with Gasteiger partial charge in [0.25, 0.3) is 0 Å². The van der Waals surface area contributed by atoms with Crippen LogP contribution < -0.4 is 0 Å². The van der Waals surface area contributed by atoms with Crippen LogP contribution in [0.3, 0.4) is 0 Å². The summed E-state index contributed by atoms with van der Waals surface area (Å²) in [7, 11) is 0. The SMILES string of the molecule is C[C@@H]1OC2(CCC[C@H](C)O2)C[C@@H]1C. The number of hydrogen-bond donors (Lipinski definition) is 0. The van der Waals surface area contributed by atoms with Gasteiger partial charge in [-0.15, -0.1) is 0 Å². The molecule has 2 rings (SSSR count). The molecule has 0 aliphatic carbocycles. The van der Waals surface area contributed by atoms with Crippen molar-refractivity contribution >= 4 is 0 Å². The van der Waals surface area contributed by atoms with Crippen molar-refractivity contribution in [1.82, 2.24) is 0 Å². The fraction of sp³-hybridized carbons (Fsp3) is 1.00. The molecule has 0 radical (unpaired) electrons. The Hall–Kier alpha value is -0.0800. The largest absolute Gasteiger partial charge is 0.347 e. The van der Waals surface area contributed by atoms with Gasteiger partial charge in [-0.05, 0) is 32.6 Å². The highest BCUT2D eigenvalue weighted by Crippen LogP contribution is 2.42. The molecular weight excluding hydrogens is 164 g/mol. The smallest absolute Gasteiger partial charge is 0.169 e. The minimum absolute atomic E-state index is 0.212. The third-order valence-corrected chi connectivity index (χ3v) is 3.42. The third-order valence-electron chi connectivity index (χ3n) is 3.42. The van der Waals surface area contributed by atoms with E-state index >= 15 is 0 Å². The summed E-state index contributed by atoms with van der Waals surface area (Å²) >= 11 is 0. The molecule has 76 valence electrons. The van der Waals surface area contributed by atoms with Gasteiger partial charge >= 0.3 is 0 Å². The number of rotatable bonds is 0. The Morgan fingerprint density at radius 3 is 2.46 bits per heavy atom. The van der Waals surface area contributed by atoms with Crippen LogP contribution in [0.1, 0.15) is 46.5 Å². The van der Waals surface area contributed by atoms with Crippen molar-refractivity contribution in [2.24, 2.45) is 5.92 Å². The Bertz CT molecular complexity index is 175. The van der Waals surface area contributed by atoms with Crippen LogP contribution in [0.15, 0.2) is 0 Å². The predicted octanol–water partition coefficient (Wildman–Crippen LogP) is 2.72. The summed E-state index contributed by atoms with van der Waals surface area (Å²) in [4.78, 5) is 0. The van der Waals surface area contributed by atoms with Gasteiger partial charge in [0.1, 0.15) is 0 Å². The zero-order chi connectivity index (χ0) is 9.47. The van der Waals surface area contributed by atoms with Crippen LogP contribution in [0.5, 0.6) is 0 Å². The van der Waals surface area contributed by atoms with Gasteiger partial charge in [-0.1, -0.05) is 6.92 Å². The van der Waals surface area contributed by atoms with E-state index in [4.69, 9.17) is 9.47 Å². The Balaban J connectivity index is 2.04. The lowest BCUT2D eigenvalue weighted by Gasteiger charge is -2.36. The molecule has 2 aliphatic rings. The van der Waals surface area contributed by atoms with Crippen molar-refractivity contribution in [3.8, 4) is 0 Å². The molecule has 0 aromatic rings. The van der Waals surface area contributed by atoms with Gasteiger partial charge in [0, 0.05) is 12.8 Å². The van der Waals surface area contributed by atoms with Gasteiger partial charge in [0.15, 0.2) is 5.79 Å². The standard InChI is InChI=1S/C11H20O2/c1-8-7-11(13-10(8)3)6-4-5-9(2)12-11/h8-10H,4-7H2,1-3H3/t8-,9-,10-,11?/m0/s1. The second-order valence-corrected chi connectivity index (χ2v) is 4.74. The van der Waals surface area contributed by atoms with E-state index in [0.29, 0.717) is 18.1 Å². The summed E-state index contributed by atoms with van der Waals surface area (Å²) in [6.45, 7) is 6.56. The van der Waals surface area contributed by atoms with E-state index in [1.807, 2.05) is 0 Å². The van der Waals surface area contributed by atoms with Crippen LogP contribution in [0.25, 0.3) is 0 Å². The predicted molar refractivity (Wildman–Crippen MR) is 51.5 cm³/mol. The van der Waals surface area contributed by atoms with Crippen LogP contribution in [-0.2, 0) is 9.47 Å². The van der Waals surface area contributed by atoms with E-state index in [-0.39, 0.29) is 5.79 Å². The van der Waals surface area contributed by atoms with E-state index < -0.39 is 0 Å². The first-order valence-corrected chi connectivity index (χ1v) is 5.47. The second-order valence-electron chi connectivity index (χ2n) is 4.74. The molecule has 0 amide bonds. The first-order valence-electron chi connectivity index (χ1n) is 5.47. The van der Waals surface area contributed by atoms with Crippen molar-refractivity contribution in [3.05, 3.63) is 0 Å². The van der Waals surface area contributed by atoms with Crippen LogP contribution in [0.2, 0.25) is 0 Å². The molecule has 2 heteroatoms. The maximum atomic E-state index is 5.95. The Morgan fingerprint density at radius 1 is 1.15 bits per heavy atom. The minimum Gasteiger partial charge on any atom is -0.347 e. The second kappa shape index (κ2) is 3.25. The summed E-state index contributed by atoms with van der Waals surface area (Å²) in [6.07, 6.45) is 5.36. The fourth-order valence-corrected chi connectivity index (χ4v) is 2.54. The Morgan fingerprint density at radius 2 is 1.92 bits per heavy atom. The van der Waals surface area contributed by atoms with Crippen molar-refractivity contribution in [1.29, 1.82) is 0 Å². The molecule has 0 saturated carbocycles. The normalized spacial score (nSPS) is 51.5. The molecule has 0 bridgehead atoms. The Kier molecular flexibility index (Phi) is 2.37. The summed E-state index contributed by atoms with van der Waals surface area (Å²) in [5, 5.41) is 0. The van der Waals surface area contributed by atoms with Crippen molar-refractivity contribution < 1.29 is 9.47 Å². The maximum absolute atomic E-state index is 5.95. The van der Waals surface area contributed by atoms with Crippen molar-refractivity contribution in [2.75, 3.05) is 0 Å². The highest BCUT2D eigenvalue weighted by atomic mass is 16.7. The van der Waals surface area contributed by atoms with Gasteiger partial charge in [0.05, 0.1) is 12.2 Å². The number of ether oxygens (including phenoxy) is 2. The monoisotopic (exact) mass is 184 g/mol. The van der Waals surface area contributed by atoms with Gasteiger partial charge in [0.2, 0.25) is 0 Å². The highest BCUT2D eigenvalue weighted by molar-refractivity contribution is 4.87. The van der Waals surface area contributed by atoms with Crippen molar-refractivity contribution in [2.45, 2.75) is 64.4 Å². The molecule has 2 nitrogen and oxygen atoms in total. The van der Waals surface area contributed by atoms with Crippen molar-refractivity contribution in [3.63, 3.8) is 0 Å². The van der Waals surface area contributed by atoms with Gasteiger partial charge in [-0.2, -0.15) is 0 Å². The molecule has 0 aromatic carbocycles. The zero-order valence-corrected chi connectivity index (χ0v) is 8.88. The van der Waals surface area contributed by atoms with E-state index in [9.17, 15) is 0 Å². The van der Waals surface area contributed by atoms with Gasteiger partial charge in [-0.25, -0.2) is 0 Å². The summed E-state index contributed by atoms with van der Waals surface area (Å²) in [6, 6.07) is 0. The highest BCUT2D eigenvalue weighted by Gasteiger charge is 2.45. The first-order chi connectivity index (χ1) is 6.11.